The summed E-state index contributed by atoms with van der Waals surface area (Å²) in [5.74, 6) is 0. The minimum absolute atomic E-state index is 0.0901. The fraction of sp³-hybridized carbons (Fsp3) is 0.100. The molecule has 84 valence electrons. The summed E-state index contributed by atoms with van der Waals surface area (Å²) >= 11 is 0. The highest BCUT2D eigenvalue weighted by atomic mass is 35.7. The molecule has 1 N–H and O–H groups in total. The van der Waals surface area contributed by atoms with Crippen LogP contribution in [0.15, 0.2) is 35.4 Å². The molecule has 0 spiro atoms. The van der Waals surface area contributed by atoms with Gasteiger partial charge in [0.15, 0.2) is 0 Å². The molecule has 16 heavy (non-hydrogen) atoms. The van der Waals surface area contributed by atoms with E-state index in [1.165, 1.54) is 12.1 Å². The monoisotopic (exact) mass is 256 g/mol. The van der Waals surface area contributed by atoms with Crippen LogP contribution in [-0.4, -0.2) is 18.6 Å². The Kier molecular flexibility index (Phi) is 2.73. The number of aromatic amines is 1. The summed E-state index contributed by atoms with van der Waals surface area (Å²) in [6, 6.07) is 6.45. The zero-order chi connectivity index (χ0) is 11.8. The van der Waals surface area contributed by atoms with Gasteiger partial charge < -0.3 is 0 Å². The lowest BCUT2D eigenvalue weighted by Crippen LogP contribution is -1.90. The molecule has 2 rings (SSSR count). The van der Waals surface area contributed by atoms with Crippen molar-refractivity contribution < 1.29 is 8.42 Å². The van der Waals surface area contributed by atoms with Gasteiger partial charge in [-0.15, -0.1) is 0 Å². The van der Waals surface area contributed by atoms with Crippen LogP contribution in [0.1, 0.15) is 5.69 Å². The molecule has 0 aliphatic heterocycles. The first-order valence-corrected chi connectivity index (χ1v) is 6.84. The first-order valence-electron chi connectivity index (χ1n) is 4.53. The number of hydrogen-bond donors (Lipinski definition) is 1. The van der Waals surface area contributed by atoms with E-state index in [4.69, 9.17) is 10.7 Å². The molecule has 0 bridgehead atoms. The molecular weight excluding hydrogens is 248 g/mol. The lowest BCUT2D eigenvalue weighted by Gasteiger charge is -2.01. The summed E-state index contributed by atoms with van der Waals surface area (Å²) in [5, 5.41) is 6.68. The zero-order valence-electron chi connectivity index (χ0n) is 8.44. The van der Waals surface area contributed by atoms with Crippen LogP contribution in [0.4, 0.5) is 0 Å². The number of nitrogens with one attached hydrogen (secondary N) is 1. The maximum atomic E-state index is 11.2. The van der Waals surface area contributed by atoms with Crippen LogP contribution < -0.4 is 0 Å². The SMILES string of the molecule is Cc1[nH]ncc1-c1cccc(S(=O)(=O)Cl)c1. The van der Waals surface area contributed by atoms with Crippen molar-refractivity contribution in [3.05, 3.63) is 36.2 Å². The van der Waals surface area contributed by atoms with Crippen molar-refractivity contribution >= 4 is 19.7 Å². The molecule has 0 amide bonds. The van der Waals surface area contributed by atoms with Crippen molar-refractivity contribution in [1.29, 1.82) is 0 Å². The third-order valence-corrected chi connectivity index (χ3v) is 3.61. The van der Waals surface area contributed by atoms with Gasteiger partial charge in [0.25, 0.3) is 9.05 Å². The second-order valence-corrected chi connectivity index (χ2v) is 5.94. The standard InChI is InChI=1S/C10H9ClN2O2S/c1-7-10(6-12-13-7)8-3-2-4-9(5-8)16(11,14)15/h2-6H,1H3,(H,12,13). The third kappa shape index (κ3) is 2.10. The predicted molar refractivity (Wildman–Crippen MR) is 61.8 cm³/mol. The molecule has 0 saturated carbocycles. The Balaban J connectivity index is 2.57. The summed E-state index contributed by atoms with van der Waals surface area (Å²) in [6.45, 7) is 1.87. The van der Waals surface area contributed by atoms with Crippen LogP contribution in [0.25, 0.3) is 11.1 Å². The number of hydrogen-bond acceptors (Lipinski definition) is 3. The topological polar surface area (TPSA) is 62.8 Å². The number of aromatic nitrogens is 2. The largest absolute Gasteiger partial charge is 0.282 e. The number of aryl methyl sites for hydroxylation is 1. The minimum atomic E-state index is -3.69. The van der Waals surface area contributed by atoms with Gasteiger partial charge in [0, 0.05) is 21.9 Å². The van der Waals surface area contributed by atoms with Gasteiger partial charge in [-0.3, -0.25) is 5.10 Å². The molecule has 1 heterocycles. The van der Waals surface area contributed by atoms with Crippen LogP contribution in [0.5, 0.6) is 0 Å². The lowest BCUT2D eigenvalue weighted by molar-refractivity contribution is 0.609. The minimum Gasteiger partial charge on any atom is -0.282 e. The van der Waals surface area contributed by atoms with Crippen molar-refractivity contribution in [2.75, 3.05) is 0 Å². The number of benzene rings is 1. The Bertz CT molecular complexity index is 619. The molecule has 0 aliphatic carbocycles. The Morgan fingerprint density at radius 3 is 2.69 bits per heavy atom. The van der Waals surface area contributed by atoms with E-state index in [9.17, 15) is 8.42 Å². The summed E-state index contributed by atoms with van der Waals surface area (Å²) in [6.07, 6.45) is 1.65. The maximum absolute atomic E-state index is 11.2. The molecule has 2 aromatic rings. The molecule has 1 aromatic heterocycles. The van der Waals surface area contributed by atoms with E-state index in [0.717, 1.165) is 16.8 Å². The van der Waals surface area contributed by atoms with Crippen LogP contribution in [0.2, 0.25) is 0 Å². The highest BCUT2D eigenvalue weighted by Crippen LogP contribution is 2.25. The second-order valence-electron chi connectivity index (χ2n) is 3.37. The van der Waals surface area contributed by atoms with Gasteiger partial charge in [-0.25, -0.2) is 8.42 Å². The average molecular weight is 257 g/mol. The first kappa shape index (κ1) is 11.2. The molecule has 1 aromatic carbocycles. The van der Waals surface area contributed by atoms with E-state index in [1.54, 1.807) is 12.3 Å². The second kappa shape index (κ2) is 3.92. The van der Waals surface area contributed by atoms with Crippen molar-refractivity contribution in [2.45, 2.75) is 11.8 Å². The molecular formula is C10H9ClN2O2S. The summed E-state index contributed by atoms with van der Waals surface area (Å²) in [4.78, 5) is 0.0901. The van der Waals surface area contributed by atoms with Crippen LogP contribution in [0, 0.1) is 6.92 Å². The number of rotatable bonds is 2. The molecule has 4 nitrogen and oxygen atoms in total. The highest BCUT2D eigenvalue weighted by Gasteiger charge is 2.11. The highest BCUT2D eigenvalue weighted by molar-refractivity contribution is 8.13. The number of H-pyrrole nitrogens is 1. The average Bonchev–Trinajstić information content (AvgIpc) is 2.63. The van der Waals surface area contributed by atoms with Crippen molar-refractivity contribution in [2.24, 2.45) is 0 Å². The molecule has 0 radical (unpaired) electrons. The van der Waals surface area contributed by atoms with E-state index in [-0.39, 0.29) is 4.90 Å². The van der Waals surface area contributed by atoms with Crippen LogP contribution in [0.3, 0.4) is 0 Å². The Morgan fingerprint density at radius 2 is 2.12 bits per heavy atom. The number of nitrogens with zero attached hydrogens (tertiary/aromatic N) is 1. The smallest absolute Gasteiger partial charge is 0.261 e. The third-order valence-electron chi connectivity index (χ3n) is 2.26. The van der Waals surface area contributed by atoms with Gasteiger partial charge in [0.05, 0.1) is 11.1 Å². The normalized spacial score (nSPS) is 11.6. The van der Waals surface area contributed by atoms with Gasteiger partial charge in [-0.1, -0.05) is 12.1 Å². The van der Waals surface area contributed by atoms with E-state index < -0.39 is 9.05 Å². The van der Waals surface area contributed by atoms with E-state index in [0.29, 0.717) is 0 Å². The molecule has 0 fully saturated rings. The van der Waals surface area contributed by atoms with Gasteiger partial charge >= 0.3 is 0 Å². The van der Waals surface area contributed by atoms with Crippen molar-refractivity contribution in [3.8, 4) is 11.1 Å². The quantitative estimate of drug-likeness (QED) is 0.839. The number of halogens is 1. The Labute approximate surface area is 97.7 Å². The fourth-order valence-electron chi connectivity index (χ4n) is 1.46. The molecule has 6 heteroatoms. The van der Waals surface area contributed by atoms with Crippen molar-refractivity contribution in [1.82, 2.24) is 10.2 Å². The fourth-order valence-corrected chi connectivity index (χ4v) is 2.25. The first-order chi connectivity index (χ1) is 7.48. The van der Waals surface area contributed by atoms with E-state index in [1.807, 2.05) is 13.0 Å². The molecule has 0 unspecified atom stereocenters. The lowest BCUT2D eigenvalue weighted by atomic mass is 10.1. The summed E-state index contributed by atoms with van der Waals surface area (Å²) in [5.41, 5.74) is 2.51. The van der Waals surface area contributed by atoms with Crippen LogP contribution in [-0.2, 0) is 9.05 Å². The zero-order valence-corrected chi connectivity index (χ0v) is 10.0. The van der Waals surface area contributed by atoms with Gasteiger partial charge in [-0.05, 0) is 24.6 Å². The Hall–Kier alpha value is -1.33. The van der Waals surface area contributed by atoms with Gasteiger partial charge in [-0.2, -0.15) is 5.10 Å². The molecule has 0 atom stereocenters. The van der Waals surface area contributed by atoms with Crippen LogP contribution >= 0.6 is 10.7 Å². The maximum Gasteiger partial charge on any atom is 0.261 e. The van der Waals surface area contributed by atoms with E-state index >= 15 is 0 Å². The van der Waals surface area contributed by atoms with Gasteiger partial charge in [0.1, 0.15) is 0 Å². The van der Waals surface area contributed by atoms with Crippen molar-refractivity contribution in [3.63, 3.8) is 0 Å². The molecule has 0 aliphatic rings. The Morgan fingerprint density at radius 1 is 1.38 bits per heavy atom. The summed E-state index contributed by atoms with van der Waals surface area (Å²) < 4.78 is 22.4. The predicted octanol–water partition coefficient (Wildman–Crippen LogP) is 2.31. The van der Waals surface area contributed by atoms with E-state index in [2.05, 4.69) is 10.2 Å². The summed E-state index contributed by atoms with van der Waals surface area (Å²) in [7, 11) is 1.59. The molecule has 0 saturated heterocycles. The van der Waals surface area contributed by atoms with Gasteiger partial charge in [0.2, 0.25) is 0 Å².